The Morgan fingerprint density at radius 2 is 1.87 bits per heavy atom. The lowest BCUT2D eigenvalue weighted by molar-refractivity contribution is -0.137. The molecule has 0 fully saturated rings. The molecule has 0 spiro atoms. The molecule has 6 heteroatoms. The van der Waals surface area contributed by atoms with Crippen LogP contribution in [-0.4, -0.2) is 30.1 Å². The summed E-state index contributed by atoms with van der Waals surface area (Å²) in [5, 5.41) is 10.1. The van der Waals surface area contributed by atoms with Crippen molar-refractivity contribution in [2.24, 2.45) is 0 Å². The first-order chi connectivity index (χ1) is 11.1. The molecule has 0 atom stereocenters. The molecular formula is C17H19ClO5. The van der Waals surface area contributed by atoms with Crippen molar-refractivity contribution in [2.75, 3.05) is 13.2 Å². The van der Waals surface area contributed by atoms with Gasteiger partial charge >= 0.3 is 5.97 Å². The van der Waals surface area contributed by atoms with Crippen molar-refractivity contribution >= 4 is 23.4 Å². The summed E-state index contributed by atoms with van der Waals surface area (Å²) < 4.78 is 10.2. The van der Waals surface area contributed by atoms with E-state index in [4.69, 9.17) is 16.3 Å². The smallest absolute Gasteiger partial charge is 0.345 e. The van der Waals surface area contributed by atoms with Crippen molar-refractivity contribution in [3.05, 3.63) is 40.6 Å². The summed E-state index contributed by atoms with van der Waals surface area (Å²) in [7, 11) is 0. The van der Waals surface area contributed by atoms with Crippen LogP contribution in [0, 0.1) is 0 Å². The predicted molar refractivity (Wildman–Crippen MR) is 85.7 cm³/mol. The maximum absolute atomic E-state index is 11.8. The maximum Gasteiger partial charge on any atom is 0.345 e. The summed E-state index contributed by atoms with van der Waals surface area (Å²) in [4.78, 5) is 23.1. The van der Waals surface area contributed by atoms with Crippen LogP contribution in [0.2, 0.25) is 5.02 Å². The van der Waals surface area contributed by atoms with E-state index in [0.717, 1.165) is 25.0 Å². The lowest BCUT2D eigenvalue weighted by atomic mass is 10.0. The van der Waals surface area contributed by atoms with Crippen LogP contribution in [-0.2, 0) is 14.3 Å². The summed E-state index contributed by atoms with van der Waals surface area (Å²) in [6.07, 6.45) is 3.58. The van der Waals surface area contributed by atoms with Crippen LogP contribution in [0.25, 0.3) is 0 Å². The topological polar surface area (TPSA) is 72.8 Å². The zero-order valence-corrected chi connectivity index (χ0v) is 13.5. The number of hydrogen-bond donors (Lipinski definition) is 1. The summed E-state index contributed by atoms with van der Waals surface area (Å²) in [6, 6.07) is 7.20. The molecule has 1 aromatic rings. The number of hydrogen-bond acceptors (Lipinski definition) is 5. The predicted octanol–water partition coefficient (Wildman–Crippen LogP) is 3.61. The number of benzene rings is 1. The van der Waals surface area contributed by atoms with Crippen LogP contribution in [0.1, 0.15) is 32.1 Å². The van der Waals surface area contributed by atoms with Crippen LogP contribution in [0.4, 0.5) is 0 Å². The highest BCUT2D eigenvalue weighted by molar-refractivity contribution is 6.30. The molecule has 5 nitrogen and oxygen atoms in total. The lowest BCUT2D eigenvalue weighted by Crippen LogP contribution is -2.11. The van der Waals surface area contributed by atoms with Gasteiger partial charge in [-0.2, -0.15) is 0 Å². The Hall–Kier alpha value is -2.01. The highest BCUT2D eigenvalue weighted by atomic mass is 35.5. The van der Waals surface area contributed by atoms with Crippen molar-refractivity contribution in [2.45, 2.75) is 32.1 Å². The van der Waals surface area contributed by atoms with Crippen LogP contribution in [0.3, 0.4) is 0 Å². The number of aliphatic hydroxyl groups excluding tert-OH is 1. The van der Waals surface area contributed by atoms with E-state index in [0.29, 0.717) is 18.1 Å². The fraction of sp³-hybridized carbons (Fsp3) is 0.412. The van der Waals surface area contributed by atoms with Crippen molar-refractivity contribution < 1.29 is 24.2 Å². The molecule has 1 N–H and O–H groups in total. The van der Waals surface area contributed by atoms with Crippen LogP contribution in [0.15, 0.2) is 35.6 Å². The Morgan fingerprint density at radius 1 is 1.17 bits per heavy atom. The number of rotatable bonds is 9. The zero-order valence-electron chi connectivity index (χ0n) is 12.7. The minimum Gasteiger partial charge on any atom is -0.508 e. The molecule has 0 aromatic heterocycles. The fourth-order valence-electron chi connectivity index (χ4n) is 2.26. The first-order valence-electron chi connectivity index (χ1n) is 7.58. The summed E-state index contributed by atoms with van der Waals surface area (Å²) in [5.74, 6) is -0.533. The van der Waals surface area contributed by atoms with Crippen LogP contribution < -0.4 is 4.74 Å². The number of carbonyl (C=O) groups is 2. The molecule has 1 aliphatic heterocycles. The fourth-order valence-corrected chi connectivity index (χ4v) is 2.38. The van der Waals surface area contributed by atoms with E-state index in [1.54, 1.807) is 12.1 Å². The lowest BCUT2D eigenvalue weighted by Gasteiger charge is -2.06. The second-order valence-corrected chi connectivity index (χ2v) is 5.72. The zero-order chi connectivity index (χ0) is 16.7. The molecule has 0 amide bonds. The van der Waals surface area contributed by atoms with E-state index in [2.05, 4.69) is 4.74 Å². The Balaban J connectivity index is 1.56. The number of aliphatic hydroxyl groups is 1. The van der Waals surface area contributed by atoms with Gasteiger partial charge in [-0.3, -0.25) is 4.79 Å². The third-order valence-electron chi connectivity index (χ3n) is 3.49. The number of unbranched alkanes of at least 4 members (excludes halogenated alkanes) is 3. The maximum atomic E-state index is 11.8. The molecule has 124 valence electrons. The number of carbonyl (C=O) groups excluding carboxylic acids is 2. The van der Waals surface area contributed by atoms with Crippen molar-refractivity contribution in [1.82, 2.24) is 0 Å². The first-order valence-corrected chi connectivity index (χ1v) is 7.96. The van der Waals surface area contributed by atoms with Gasteiger partial charge in [-0.25, -0.2) is 4.79 Å². The third kappa shape index (κ3) is 5.28. The average Bonchev–Trinajstić information content (AvgIpc) is 2.87. The van der Waals surface area contributed by atoms with Gasteiger partial charge in [0.2, 0.25) is 0 Å². The molecule has 1 aromatic carbocycles. The molecule has 0 unspecified atom stereocenters. The minimum absolute atomic E-state index is 0.184. The van der Waals surface area contributed by atoms with Gasteiger partial charge in [-0.1, -0.05) is 24.4 Å². The largest absolute Gasteiger partial charge is 0.508 e. The van der Waals surface area contributed by atoms with E-state index < -0.39 is 5.97 Å². The second-order valence-electron chi connectivity index (χ2n) is 5.29. The Labute approximate surface area is 139 Å². The monoisotopic (exact) mass is 338 g/mol. The van der Waals surface area contributed by atoms with Gasteiger partial charge in [0.1, 0.15) is 23.7 Å². The quantitative estimate of drug-likeness (QED) is 0.423. The van der Waals surface area contributed by atoms with Crippen LogP contribution in [0.5, 0.6) is 5.75 Å². The molecule has 0 radical (unpaired) electrons. The molecule has 2 rings (SSSR count). The number of halogens is 1. The highest BCUT2D eigenvalue weighted by Gasteiger charge is 2.29. The number of esters is 1. The van der Waals surface area contributed by atoms with Gasteiger partial charge in [0, 0.05) is 11.4 Å². The van der Waals surface area contributed by atoms with Crippen molar-refractivity contribution in [1.29, 1.82) is 0 Å². The van der Waals surface area contributed by atoms with E-state index >= 15 is 0 Å². The first kappa shape index (κ1) is 17.3. The minimum atomic E-state index is -0.719. The molecule has 1 heterocycles. The van der Waals surface area contributed by atoms with Gasteiger partial charge in [0.25, 0.3) is 0 Å². The number of cyclic esters (lactones) is 1. The van der Waals surface area contributed by atoms with Crippen molar-refractivity contribution in [3.63, 3.8) is 0 Å². The van der Waals surface area contributed by atoms with Gasteiger partial charge in [0.05, 0.1) is 6.61 Å². The molecule has 0 bridgehead atoms. The van der Waals surface area contributed by atoms with E-state index in [1.165, 1.54) is 0 Å². The van der Waals surface area contributed by atoms with Crippen molar-refractivity contribution in [3.8, 4) is 5.75 Å². The molecule has 1 aliphatic rings. The molecular weight excluding hydrogens is 320 g/mol. The van der Waals surface area contributed by atoms with Gasteiger partial charge in [-0.05, 0) is 37.1 Å². The van der Waals surface area contributed by atoms with E-state index in [1.807, 2.05) is 12.1 Å². The van der Waals surface area contributed by atoms with Gasteiger partial charge in [0.15, 0.2) is 5.78 Å². The molecule has 0 saturated carbocycles. The Morgan fingerprint density at radius 3 is 2.52 bits per heavy atom. The molecule has 23 heavy (non-hydrogen) atoms. The molecule has 0 saturated heterocycles. The number of ether oxygens (including phenoxy) is 2. The summed E-state index contributed by atoms with van der Waals surface area (Å²) in [6.45, 7) is 0.412. The molecule has 0 aliphatic carbocycles. The average molecular weight is 339 g/mol. The van der Waals surface area contributed by atoms with E-state index in [9.17, 15) is 14.7 Å². The normalized spacial score (nSPS) is 14.0. The number of ketones is 1. The Bertz CT molecular complexity index is 592. The van der Waals surface area contributed by atoms with E-state index in [-0.39, 0.29) is 30.1 Å². The highest BCUT2D eigenvalue weighted by Crippen LogP contribution is 2.18. The second kappa shape index (κ2) is 8.58. The van der Waals surface area contributed by atoms with Crippen LogP contribution >= 0.6 is 11.6 Å². The standard InChI is InChI=1S/C17H19ClO5/c18-12-6-8-13(9-7-12)22-10-4-2-1-3-5-14(19)16-15(20)11-23-17(16)21/h6-9,20H,1-5,10-11H2. The SMILES string of the molecule is O=C(CCCCCCOc1ccc(Cl)cc1)C1=C(O)COC1=O. The number of Topliss-reactive ketones (excluding diaryl/α,β-unsaturated/α-hetero) is 1. The summed E-state index contributed by atoms with van der Waals surface area (Å²) >= 11 is 5.79. The summed E-state index contributed by atoms with van der Waals surface area (Å²) in [5.41, 5.74) is -0.184. The third-order valence-corrected chi connectivity index (χ3v) is 3.74. The Kier molecular flexibility index (Phi) is 6.47. The van der Waals surface area contributed by atoms with Gasteiger partial charge < -0.3 is 14.6 Å². The van der Waals surface area contributed by atoms with Gasteiger partial charge in [-0.15, -0.1) is 0 Å².